The Morgan fingerprint density at radius 3 is 2.74 bits per heavy atom. The van der Waals surface area contributed by atoms with E-state index in [0.29, 0.717) is 12.1 Å². The molecule has 1 atom stereocenters. The lowest BCUT2D eigenvalue weighted by molar-refractivity contribution is -0.122. The molecular formula is C18H19N3O2. The van der Waals surface area contributed by atoms with Gasteiger partial charge in [0.1, 0.15) is 11.6 Å². The van der Waals surface area contributed by atoms with E-state index in [2.05, 4.69) is 15.2 Å². The highest BCUT2D eigenvalue weighted by atomic mass is 16.5. The number of anilines is 2. The van der Waals surface area contributed by atoms with E-state index in [1.54, 1.807) is 6.20 Å². The maximum Gasteiger partial charge on any atom is 0.265 e. The number of fused-ring (bicyclic) bond motifs is 1. The standard InChI is InChI=1S/C18H19N3O2/c22-18(16-11-13-5-1-2-6-15(13)23-16)20-14-7-8-17(19-12-14)21-9-3-4-10-21/h1-2,5-8,12,16H,3-4,9-11H2,(H,20,22). The van der Waals surface area contributed by atoms with Crippen molar-refractivity contribution in [2.75, 3.05) is 23.3 Å². The summed E-state index contributed by atoms with van der Waals surface area (Å²) in [5, 5.41) is 2.89. The highest BCUT2D eigenvalue weighted by molar-refractivity contribution is 5.95. The van der Waals surface area contributed by atoms with Gasteiger partial charge in [-0.1, -0.05) is 18.2 Å². The number of carbonyl (C=O) groups is 1. The zero-order valence-corrected chi connectivity index (χ0v) is 12.9. The lowest BCUT2D eigenvalue weighted by atomic mass is 10.1. The number of aromatic nitrogens is 1. The van der Waals surface area contributed by atoms with Gasteiger partial charge >= 0.3 is 0 Å². The predicted octanol–water partition coefficient (Wildman–Crippen LogP) is 2.62. The quantitative estimate of drug-likeness (QED) is 0.947. The number of carbonyl (C=O) groups excluding carboxylic acids is 1. The summed E-state index contributed by atoms with van der Waals surface area (Å²) in [6.07, 6.45) is 4.31. The van der Waals surface area contributed by atoms with E-state index in [4.69, 9.17) is 4.74 Å². The van der Waals surface area contributed by atoms with Crippen molar-refractivity contribution < 1.29 is 9.53 Å². The summed E-state index contributed by atoms with van der Waals surface area (Å²) < 4.78 is 5.71. The molecule has 0 radical (unpaired) electrons. The monoisotopic (exact) mass is 309 g/mol. The van der Waals surface area contributed by atoms with Crippen molar-refractivity contribution in [3.8, 4) is 5.75 Å². The molecule has 3 heterocycles. The number of nitrogens with zero attached hydrogens (tertiary/aromatic N) is 2. The molecule has 0 spiro atoms. The average Bonchev–Trinajstić information content (AvgIpc) is 3.25. The van der Waals surface area contributed by atoms with E-state index in [1.807, 2.05) is 36.4 Å². The number of ether oxygens (including phenoxy) is 1. The summed E-state index contributed by atoms with van der Waals surface area (Å²) in [5.74, 6) is 1.65. The molecule has 1 aromatic carbocycles. The van der Waals surface area contributed by atoms with E-state index in [1.165, 1.54) is 12.8 Å². The van der Waals surface area contributed by atoms with Crippen molar-refractivity contribution in [3.63, 3.8) is 0 Å². The van der Waals surface area contributed by atoms with Crippen LogP contribution >= 0.6 is 0 Å². The number of amides is 1. The first-order valence-electron chi connectivity index (χ1n) is 8.06. The first kappa shape index (κ1) is 14.1. The van der Waals surface area contributed by atoms with Gasteiger partial charge in [-0.2, -0.15) is 0 Å². The Labute approximate surface area is 135 Å². The summed E-state index contributed by atoms with van der Waals surface area (Å²) in [6, 6.07) is 11.6. The first-order valence-corrected chi connectivity index (χ1v) is 8.06. The maximum atomic E-state index is 12.4. The molecular weight excluding hydrogens is 290 g/mol. The Bertz CT molecular complexity index is 683. The van der Waals surface area contributed by atoms with Crippen molar-refractivity contribution in [2.24, 2.45) is 0 Å². The Kier molecular flexibility index (Phi) is 3.61. The first-order chi connectivity index (χ1) is 11.3. The molecule has 2 aliphatic rings. The molecule has 4 rings (SSSR count). The molecule has 1 aromatic heterocycles. The zero-order chi connectivity index (χ0) is 15.6. The van der Waals surface area contributed by atoms with Crippen LogP contribution in [0.5, 0.6) is 5.75 Å². The van der Waals surface area contributed by atoms with Crippen LogP contribution in [-0.2, 0) is 11.2 Å². The summed E-state index contributed by atoms with van der Waals surface area (Å²) in [5.41, 5.74) is 1.78. The Balaban J connectivity index is 1.39. The van der Waals surface area contributed by atoms with E-state index in [0.717, 1.165) is 30.2 Å². The SMILES string of the molecule is O=C(Nc1ccc(N2CCCC2)nc1)C1Cc2ccccc2O1. The Morgan fingerprint density at radius 2 is 2.00 bits per heavy atom. The molecule has 2 aliphatic heterocycles. The largest absolute Gasteiger partial charge is 0.480 e. The van der Waals surface area contributed by atoms with Gasteiger partial charge < -0.3 is 15.0 Å². The second-order valence-electron chi connectivity index (χ2n) is 6.01. The van der Waals surface area contributed by atoms with Gasteiger partial charge in [0.2, 0.25) is 0 Å². The number of hydrogen-bond acceptors (Lipinski definition) is 4. The van der Waals surface area contributed by atoms with Gasteiger partial charge in [-0.05, 0) is 36.6 Å². The van der Waals surface area contributed by atoms with Gasteiger partial charge in [0.05, 0.1) is 11.9 Å². The van der Waals surface area contributed by atoms with Crippen LogP contribution in [0.3, 0.4) is 0 Å². The fourth-order valence-corrected chi connectivity index (χ4v) is 3.14. The minimum Gasteiger partial charge on any atom is -0.480 e. The van der Waals surface area contributed by atoms with Crippen molar-refractivity contribution in [3.05, 3.63) is 48.2 Å². The normalized spacial score (nSPS) is 19.3. The summed E-state index contributed by atoms with van der Waals surface area (Å²) >= 11 is 0. The summed E-state index contributed by atoms with van der Waals surface area (Å²) in [7, 11) is 0. The van der Waals surface area contributed by atoms with Crippen LogP contribution in [-0.4, -0.2) is 30.1 Å². The molecule has 1 fully saturated rings. The van der Waals surface area contributed by atoms with Gasteiger partial charge in [0, 0.05) is 19.5 Å². The van der Waals surface area contributed by atoms with Crippen LogP contribution in [0.4, 0.5) is 11.5 Å². The zero-order valence-electron chi connectivity index (χ0n) is 12.9. The molecule has 1 unspecified atom stereocenters. The number of nitrogens with one attached hydrogen (secondary N) is 1. The molecule has 5 heteroatoms. The van der Waals surface area contributed by atoms with Crippen molar-refractivity contribution in [1.29, 1.82) is 0 Å². The third kappa shape index (κ3) is 2.86. The summed E-state index contributed by atoms with van der Waals surface area (Å²) in [4.78, 5) is 19.1. The summed E-state index contributed by atoms with van der Waals surface area (Å²) in [6.45, 7) is 2.12. The number of hydrogen-bond donors (Lipinski definition) is 1. The minimum atomic E-state index is -0.467. The number of benzene rings is 1. The van der Waals surface area contributed by atoms with Crippen LogP contribution < -0.4 is 15.0 Å². The fourth-order valence-electron chi connectivity index (χ4n) is 3.14. The molecule has 23 heavy (non-hydrogen) atoms. The predicted molar refractivity (Wildman–Crippen MR) is 88.9 cm³/mol. The molecule has 1 saturated heterocycles. The number of rotatable bonds is 3. The fraction of sp³-hybridized carbons (Fsp3) is 0.333. The van der Waals surface area contributed by atoms with Crippen molar-refractivity contribution >= 4 is 17.4 Å². The average molecular weight is 309 g/mol. The highest BCUT2D eigenvalue weighted by Crippen LogP contribution is 2.28. The van der Waals surface area contributed by atoms with Gasteiger partial charge in [-0.15, -0.1) is 0 Å². The number of pyridine rings is 1. The van der Waals surface area contributed by atoms with Crippen molar-refractivity contribution in [2.45, 2.75) is 25.4 Å². The lowest BCUT2D eigenvalue weighted by Crippen LogP contribution is -2.31. The van der Waals surface area contributed by atoms with E-state index in [-0.39, 0.29) is 5.91 Å². The lowest BCUT2D eigenvalue weighted by Gasteiger charge is -2.16. The molecule has 0 saturated carbocycles. The van der Waals surface area contributed by atoms with Crippen molar-refractivity contribution in [1.82, 2.24) is 4.98 Å². The molecule has 1 amide bonds. The molecule has 2 aromatic rings. The smallest absolute Gasteiger partial charge is 0.265 e. The van der Waals surface area contributed by atoms with Gasteiger partial charge in [0.25, 0.3) is 5.91 Å². The minimum absolute atomic E-state index is 0.128. The second kappa shape index (κ2) is 5.91. The number of para-hydroxylation sites is 1. The highest BCUT2D eigenvalue weighted by Gasteiger charge is 2.28. The molecule has 5 nitrogen and oxygen atoms in total. The van der Waals surface area contributed by atoms with Crippen LogP contribution in [0, 0.1) is 0 Å². The van der Waals surface area contributed by atoms with Gasteiger partial charge in [0.15, 0.2) is 6.10 Å². The topological polar surface area (TPSA) is 54.5 Å². The van der Waals surface area contributed by atoms with E-state index < -0.39 is 6.10 Å². The van der Waals surface area contributed by atoms with E-state index in [9.17, 15) is 4.79 Å². The van der Waals surface area contributed by atoms with Gasteiger partial charge in [-0.25, -0.2) is 4.98 Å². The van der Waals surface area contributed by atoms with Crippen LogP contribution in [0.15, 0.2) is 42.6 Å². The Morgan fingerprint density at radius 1 is 1.17 bits per heavy atom. The molecule has 0 aliphatic carbocycles. The molecule has 1 N–H and O–H groups in total. The van der Waals surface area contributed by atoms with Crippen LogP contribution in [0.2, 0.25) is 0 Å². The second-order valence-corrected chi connectivity index (χ2v) is 6.01. The Hall–Kier alpha value is -2.56. The van der Waals surface area contributed by atoms with Gasteiger partial charge in [-0.3, -0.25) is 4.79 Å². The maximum absolute atomic E-state index is 12.4. The third-order valence-corrected chi connectivity index (χ3v) is 4.39. The molecule has 0 bridgehead atoms. The molecule has 118 valence electrons. The third-order valence-electron chi connectivity index (χ3n) is 4.39. The van der Waals surface area contributed by atoms with Crippen LogP contribution in [0.25, 0.3) is 0 Å². The van der Waals surface area contributed by atoms with E-state index >= 15 is 0 Å². The van der Waals surface area contributed by atoms with Crippen LogP contribution in [0.1, 0.15) is 18.4 Å².